The summed E-state index contributed by atoms with van der Waals surface area (Å²) in [5.41, 5.74) is 2.86. The number of hydrogen-bond donors (Lipinski definition) is 1. The number of para-hydroxylation sites is 2. The summed E-state index contributed by atoms with van der Waals surface area (Å²) in [6.45, 7) is 3.78. The summed E-state index contributed by atoms with van der Waals surface area (Å²) in [6, 6.07) is 18.6. The normalized spacial score (nSPS) is 13.4. The van der Waals surface area contributed by atoms with E-state index in [0.29, 0.717) is 28.4 Å². The fourth-order valence-electron chi connectivity index (χ4n) is 3.45. The molecule has 0 fully saturated rings. The zero-order chi connectivity index (χ0) is 24.4. The molecule has 1 aliphatic rings. The zero-order valence-corrected chi connectivity index (χ0v) is 19.5. The molecular weight excluding hydrogens is 456 g/mol. The number of methoxy groups -OCH3 is 1. The molecular formula is C26H21ClN2O5. The van der Waals surface area contributed by atoms with Gasteiger partial charge in [-0.05, 0) is 67.4 Å². The summed E-state index contributed by atoms with van der Waals surface area (Å²) >= 11 is 6.20. The zero-order valence-electron chi connectivity index (χ0n) is 18.7. The number of amides is 2. The van der Waals surface area contributed by atoms with Crippen molar-refractivity contribution < 1.29 is 23.9 Å². The Morgan fingerprint density at radius 2 is 1.62 bits per heavy atom. The van der Waals surface area contributed by atoms with Crippen LogP contribution in [0, 0.1) is 13.8 Å². The third kappa shape index (κ3) is 4.38. The van der Waals surface area contributed by atoms with Gasteiger partial charge < -0.3 is 14.8 Å². The number of ether oxygens (including phenoxy) is 2. The Bertz CT molecular complexity index is 1330. The first-order valence-electron chi connectivity index (χ1n) is 10.4. The molecule has 1 N–H and O–H groups in total. The van der Waals surface area contributed by atoms with Crippen molar-refractivity contribution in [2.45, 2.75) is 13.8 Å². The smallest absolute Gasteiger partial charge is 0.343 e. The van der Waals surface area contributed by atoms with E-state index >= 15 is 0 Å². The molecule has 172 valence electrons. The molecule has 0 spiro atoms. The number of imide groups is 1. The highest BCUT2D eigenvalue weighted by Crippen LogP contribution is 2.35. The maximum atomic E-state index is 13.0. The molecule has 0 aromatic heterocycles. The van der Waals surface area contributed by atoms with Crippen LogP contribution < -0.4 is 19.7 Å². The number of hydrogen-bond acceptors (Lipinski definition) is 6. The van der Waals surface area contributed by atoms with Crippen LogP contribution in [0.1, 0.15) is 21.5 Å². The van der Waals surface area contributed by atoms with Gasteiger partial charge >= 0.3 is 5.97 Å². The summed E-state index contributed by atoms with van der Waals surface area (Å²) in [5, 5.41) is 2.64. The minimum Gasteiger partial charge on any atom is -0.495 e. The van der Waals surface area contributed by atoms with Crippen LogP contribution in [0.3, 0.4) is 0 Å². The number of nitrogens with one attached hydrogen (secondary N) is 1. The summed E-state index contributed by atoms with van der Waals surface area (Å²) in [4.78, 5) is 39.2. The van der Waals surface area contributed by atoms with Gasteiger partial charge in [0.2, 0.25) is 0 Å². The third-order valence-corrected chi connectivity index (χ3v) is 5.64. The molecule has 2 amide bonds. The minimum absolute atomic E-state index is 0.0664. The Balaban J connectivity index is 1.51. The van der Waals surface area contributed by atoms with Crippen molar-refractivity contribution in [1.29, 1.82) is 0 Å². The molecule has 1 heterocycles. The highest BCUT2D eigenvalue weighted by atomic mass is 35.5. The highest BCUT2D eigenvalue weighted by molar-refractivity contribution is 6.53. The molecule has 0 bridgehead atoms. The molecule has 4 rings (SSSR count). The van der Waals surface area contributed by atoms with E-state index in [0.717, 1.165) is 16.0 Å². The molecule has 0 radical (unpaired) electrons. The second-order valence-electron chi connectivity index (χ2n) is 7.67. The van der Waals surface area contributed by atoms with Crippen LogP contribution >= 0.6 is 11.6 Å². The van der Waals surface area contributed by atoms with Crippen LogP contribution in [0.4, 0.5) is 11.4 Å². The molecule has 0 saturated heterocycles. The van der Waals surface area contributed by atoms with Gasteiger partial charge in [0.15, 0.2) is 0 Å². The average Bonchev–Trinajstić information content (AvgIpc) is 3.04. The SMILES string of the molecule is COc1ccccc1N1C(=O)C(Cl)=C(Nc2ccc(C(=O)Oc3cc(C)ccc3C)cc2)C1=O. The van der Waals surface area contributed by atoms with E-state index in [9.17, 15) is 14.4 Å². The van der Waals surface area contributed by atoms with Crippen LogP contribution in [0.5, 0.6) is 11.5 Å². The predicted molar refractivity (Wildman–Crippen MR) is 129 cm³/mol. The van der Waals surface area contributed by atoms with Crippen LogP contribution in [0.15, 0.2) is 77.5 Å². The number of carbonyl (C=O) groups is 3. The minimum atomic E-state index is -0.660. The Hall–Kier alpha value is -4.10. The summed E-state index contributed by atoms with van der Waals surface area (Å²) in [6.07, 6.45) is 0. The van der Waals surface area contributed by atoms with E-state index in [2.05, 4.69) is 5.32 Å². The highest BCUT2D eigenvalue weighted by Gasteiger charge is 2.40. The van der Waals surface area contributed by atoms with Gasteiger partial charge in [0.25, 0.3) is 11.8 Å². The van der Waals surface area contributed by atoms with Gasteiger partial charge in [0.05, 0.1) is 18.4 Å². The van der Waals surface area contributed by atoms with Gasteiger partial charge in [-0.3, -0.25) is 9.59 Å². The van der Waals surface area contributed by atoms with E-state index in [1.165, 1.54) is 7.11 Å². The first-order chi connectivity index (χ1) is 16.3. The number of benzene rings is 3. The number of aryl methyl sites for hydroxylation is 2. The van der Waals surface area contributed by atoms with E-state index in [1.54, 1.807) is 54.6 Å². The van der Waals surface area contributed by atoms with Crippen LogP contribution in [0.25, 0.3) is 0 Å². The second kappa shape index (κ2) is 9.41. The van der Waals surface area contributed by atoms with E-state index < -0.39 is 17.8 Å². The molecule has 0 saturated carbocycles. The predicted octanol–water partition coefficient (Wildman–Crippen LogP) is 4.97. The van der Waals surface area contributed by atoms with Crippen molar-refractivity contribution in [1.82, 2.24) is 0 Å². The fraction of sp³-hybridized carbons (Fsp3) is 0.115. The molecule has 8 heteroatoms. The summed E-state index contributed by atoms with van der Waals surface area (Å²) in [7, 11) is 1.45. The number of esters is 1. The van der Waals surface area contributed by atoms with Crippen molar-refractivity contribution >= 4 is 40.8 Å². The van der Waals surface area contributed by atoms with E-state index in [-0.39, 0.29) is 10.7 Å². The molecule has 0 aliphatic carbocycles. The third-order valence-electron chi connectivity index (χ3n) is 5.29. The van der Waals surface area contributed by atoms with E-state index in [1.807, 2.05) is 26.0 Å². The Kier molecular flexibility index (Phi) is 6.38. The van der Waals surface area contributed by atoms with Gasteiger partial charge in [-0.2, -0.15) is 0 Å². The molecule has 1 aliphatic heterocycles. The second-order valence-corrected chi connectivity index (χ2v) is 8.05. The van der Waals surface area contributed by atoms with Crippen molar-refractivity contribution in [3.8, 4) is 11.5 Å². The maximum absolute atomic E-state index is 13.0. The lowest BCUT2D eigenvalue weighted by atomic mass is 10.1. The Morgan fingerprint density at radius 1 is 0.912 bits per heavy atom. The van der Waals surface area contributed by atoms with Gasteiger partial charge in [0, 0.05) is 5.69 Å². The van der Waals surface area contributed by atoms with Gasteiger partial charge in [-0.15, -0.1) is 0 Å². The number of halogens is 1. The molecule has 7 nitrogen and oxygen atoms in total. The molecule has 0 unspecified atom stereocenters. The summed E-state index contributed by atoms with van der Waals surface area (Å²) in [5.74, 6) is -0.922. The Morgan fingerprint density at radius 3 is 2.32 bits per heavy atom. The topological polar surface area (TPSA) is 84.9 Å². The van der Waals surface area contributed by atoms with Crippen LogP contribution in [-0.2, 0) is 9.59 Å². The van der Waals surface area contributed by atoms with Crippen molar-refractivity contribution in [2.24, 2.45) is 0 Å². The lowest BCUT2D eigenvalue weighted by Crippen LogP contribution is -2.32. The molecule has 34 heavy (non-hydrogen) atoms. The largest absolute Gasteiger partial charge is 0.495 e. The maximum Gasteiger partial charge on any atom is 0.343 e. The van der Waals surface area contributed by atoms with Crippen LogP contribution in [-0.4, -0.2) is 24.9 Å². The monoisotopic (exact) mass is 476 g/mol. The fourth-order valence-corrected chi connectivity index (χ4v) is 3.67. The van der Waals surface area contributed by atoms with Crippen molar-refractivity contribution in [3.05, 3.63) is 94.1 Å². The Labute approximate surface area is 201 Å². The quantitative estimate of drug-likeness (QED) is 0.307. The molecule has 0 atom stereocenters. The first-order valence-corrected chi connectivity index (χ1v) is 10.8. The van der Waals surface area contributed by atoms with Crippen LogP contribution in [0.2, 0.25) is 0 Å². The molecule has 3 aromatic rings. The number of nitrogens with zero attached hydrogens (tertiary/aromatic N) is 1. The van der Waals surface area contributed by atoms with Gasteiger partial charge in [0.1, 0.15) is 22.2 Å². The van der Waals surface area contributed by atoms with Gasteiger partial charge in [-0.1, -0.05) is 35.9 Å². The van der Waals surface area contributed by atoms with E-state index in [4.69, 9.17) is 21.1 Å². The van der Waals surface area contributed by atoms with Crippen molar-refractivity contribution in [2.75, 3.05) is 17.3 Å². The average molecular weight is 477 g/mol. The standard InChI is InChI=1S/C26H21ClN2O5/c1-15-8-9-16(2)21(14-15)34-26(32)17-10-12-18(13-11-17)28-23-22(27)24(30)29(25(23)31)19-6-4-5-7-20(19)33-3/h4-14,28H,1-3H3. The van der Waals surface area contributed by atoms with Gasteiger partial charge in [-0.25, -0.2) is 9.69 Å². The number of anilines is 2. The number of rotatable bonds is 6. The first kappa shape index (κ1) is 23.1. The van der Waals surface area contributed by atoms with Crippen molar-refractivity contribution in [3.63, 3.8) is 0 Å². The number of carbonyl (C=O) groups excluding carboxylic acids is 3. The lowest BCUT2D eigenvalue weighted by molar-refractivity contribution is -0.120. The lowest BCUT2D eigenvalue weighted by Gasteiger charge is -2.17. The molecule has 3 aromatic carbocycles. The summed E-state index contributed by atoms with van der Waals surface area (Å²) < 4.78 is 10.8.